The van der Waals surface area contributed by atoms with E-state index < -0.39 is 5.41 Å². The van der Waals surface area contributed by atoms with Crippen LogP contribution in [0.15, 0.2) is 30.3 Å². The van der Waals surface area contributed by atoms with Crippen molar-refractivity contribution in [3.05, 3.63) is 40.9 Å². The van der Waals surface area contributed by atoms with Gasteiger partial charge in [0.05, 0.1) is 17.8 Å². The molecule has 2 N–H and O–H groups in total. The lowest BCUT2D eigenvalue weighted by molar-refractivity contribution is -0.126. The Kier molecular flexibility index (Phi) is 5.77. The summed E-state index contributed by atoms with van der Waals surface area (Å²) in [5.41, 5.74) is 3.25. The zero-order valence-corrected chi connectivity index (χ0v) is 18.4. The summed E-state index contributed by atoms with van der Waals surface area (Å²) in [5.74, 6) is 0.427. The van der Waals surface area contributed by atoms with Crippen LogP contribution >= 0.6 is 23.8 Å². The summed E-state index contributed by atoms with van der Waals surface area (Å²) in [4.78, 5) is 13.6. The number of thiocarbonyl (C=S) groups is 1. The monoisotopic (exact) mass is 431 g/mol. The first-order chi connectivity index (χ1) is 13.6. The van der Waals surface area contributed by atoms with Gasteiger partial charge in [-0.15, -0.1) is 10.2 Å². The van der Waals surface area contributed by atoms with Crippen LogP contribution in [-0.2, 0) is 4.79 Å². The molecule has 0 bridgehead atoms. The average Bonchev–Trinajstić information content (AvgIpc) is 3.03. The van der Waals surface area contributed by atoms with E-state index in [9.17, 15) is 4.79 Å². The van der Waals surface area contributed by atoms with Gasteiger partial charge < -0.3 is 15.4 Å². The highest BCUT2D eigenvalue weighted by molar-refractivity contribution is 7.80. The molecule has 0 spiro atoms. The Bertz CT molecular complexity index is 1100. The summed E-state index contributed by atoms with van der Waals surface area (Å²) >= 11 is 11.5. The fourth-order valence-electron chi connectivity index (χ4n) is 2.54. The maximum atomic E-state index is 12.1. The summed E-state index contributed by atoms with van der Waals surface area (Å²) < 4.78 is 5.18. The second-order valence-corrected chi connectivity index (χ2v) is 8.44. The van der Waals surface area contributed by atoms with Crippen LogP contribution in [0.4, 0.5) is 5.69 Å². The second-order valence-electron chi connectivity index (χ2n) is 7.62. The number of anilines is 1. The van der Waals surface area contributed by atoms with E-state index in [0.717, 1.165) is 16.8 Å². The van der Waals surface area contributed by atoms with Crippen LogP contribution < -0.4 is 15.4 Å². The zero-order valence-electron chi connectivity index (χ0n) is 16.8. The van der Waals surface area contributed by atoms with E-state index in [1.54, 1.807) is 19.2 Å². The zero-order chi connectivity index (χ0) is 21.3. The number of hydrogen-bond acceptors (Lipinski definition) is 5. The topological polar surface area (TPSA) is 81.1 Å². The average molecular weight is 432 g/mol. The van der Waals surface area contributed by atoms with Crippen molar-refractivity contribution in [1.29, 1.82) is 0 Å². The molecule has 1 aromatic heterocycles. The first kappa shape index (κ1) is 21.0. The van der Waals surface area contributed by atoms with Crippen molar-refractivity contribution in [2.24, 2.45) is 5.41 Å². The molecule has 0 atom stereocenters. The standard InChI is InChI=1S/C20H22ClN5O2S/c1-11-8-15-16(10-14(11)22-19(29)23-18(27)20(2,3)4)25-26(24-15)12-6-7-17(28-5)13(21)9-12/h6-10H,1-5H3,(H2,22,23,27,29). The number of aromatic nitrogens is 3. The van der Waals surface area contributed by atoms with E-state index in [1.165, 1.54) is 4.80 Å². The van der Waals surface area contributed by atoms with Crippen molar-refractivity contribution >= 4 is 51.6 Å². The van der Waals surface area contributed by atoms with Gasteiger partial charge in [0.15, 0.2) is 5.11 Å². The third-order valence-electron chi connectivity index (χ3n) is 4.25. The molecule has 0 saturated heterocycles. The van der Waals surface area contributed by atoms with Gasteiger partial charge in [-0.2, -0.15) is 4.80 Å². The van der Waals surface area contributed by atoms with Crippen LogP contribution in [0.5, 0.6) is 5.75 Å². The maximum absolute atomic E-state index is 12.1. The van der Waals surface area contributed by atoms with Crippen LogP contribution in [0.1, 0.15) is 26.3 Å². The number of rotatable bonds is 3. The minimum Gasteiger partial charge on any atom is -0.495 e. The van der Waals surface area contributed by atoms with Gasteiger partial charge in [-0.1, -0.05) is 32.4 Å². The van der Waals surface area contributed by atoms with E-state index in [0.29, 0.717) is 22.0 Å². The maximum Gasteiger partial charge on any atom is 0.231 e. The Morgan fingerprint density at radius 2 is 1.83 bits per heavy atom. The highest BCUT2D eigenvalue weighted by Crippen LogP contribution is 2.27. The highest BCUT2D eigenvalue weighted by Gasteiger charge is 2.22. The number of methoxy groups -OCH3 is 1. The van der Waals surface area contributed by atoms with Gasteiger partial charge in [-0.25, -0.2) is 0 Å². The smallest absolute Gasteiger partial charge is 0.231 e. The number of halogens is 1. The Hall–Kier alpha value is -2.71. The molecule has 3 aromatic rings. The van der Waals surface area contributed by atoms with E-state index in [-0.39, 0.29) is 11.0 Å². The van der Waals surface area contributed by atoms with Crippen LogP contribution in [0, 0.1) is 12.3 Å². The van der Waals surface area contributed by atoms with Gasteiger partial charge in [-0.3, -0.25) is 4.79 Å². The van der Waals surface area contributed by atoms with Crippen LogP contribution in [-0.4, -0.2) is 33.1 Å². The number of carbonyl (C=O) groups excluding carboxylic acids is 1. The first-order valence-electron chi connectivity index (χ1n) is 8.92. The number of benzene rings is 2. The highest BCUT2D eigenvalue weighted by atomic mass is 35.5. The van der Waals surface area contributed by atoms with Gasteiger partial charge in [0.25, 0.3) is 0 Å². The molecule has 3 rings (SSSR count). The molecule has 0 aliphatic rings. The van der Waals surface area contributed by atoms with Crippen LogP contribution in [0.2, 0.25) is 5.02 Å². The molecular formula is C20H22ClN5O2S. The largest absolute Gasteiger partial charge is 0.495 e. The quantitative estimate of drug-likeness (QED) is 0.603. The van der Waals surface area contributed by atoms with Crippen molar-refractivity contribution in [2.45, 2.75) is 27.7 Å². The molecule has 0 radical (unpaired) electrons. The van der Waals surface area contributed by atoms with Crippen LogP contribution in [0.25, 0.3) is 16.7 Å². The van der Waals surface area contributed by atoms with Crippen LogP contribution in [0.3, 0.4) is 0 Å². The Labute approximate surface area is 179 Å². The summed E-state index contributed by atoms with van der Waals surface area (Å²) in [6, 6.07) is 9.07. The molecule has 1 heterocycles. The van der Waals surface area contributed by atoms with E-state index in [2.05, 4.69) is 20.8 Å². The first-order valence-corrected chi connectivity index (χ1v) is 9.71. The van der Waals surface area contributed by atoms with Gasteiger partial charge in [0.2, 0.25) is 5.91 Å². The van der Waals surface area contributed by atoms with Gasteiger partial charge in [0, 0.05) is 11.1 Å². The SMILES string of the molecule is COc1ccc(-n2nc3cc(C)c(NC(=S)NC(=O)C(C)(C)C)cc3n2)cc1Cl. The minimum atomic E-state index is -0.535. The number of fused-ring (bicyclic) bond motifs is 1. The number of amides is 1. The fraction of sp³-hybridized carbons (Fsp3) is 0.300. The number of nitrogens with one attached hydrogen (secondary N) is 2. The van der Waals surface area contributed by atoms with Crippen molar-refractivity contribution in [3.8, 4) is 11.4 Å². The summed E-state index contributed by atoms with van der Waals surface area (Å²) in [6.45, 7) is 7.41. The lowest BCUT2D eigenvalue weighted by atomic mass is 9.96. The van der Waals surface area contributed by atoms with Crippen molar-refractivity contribution < 1.29 is 9.53 Å². The Morgan fingerprint density at radius 3 is 2.41 bits per heavy atom. The number of aryl methyl sites for hydroxylation is 1. The summed E-state index contributed by atoms with van der Waals surface area (Å²) in [6.07, 6.45) is 0. The van der Waals surface area contributed by atoms with E-state index >= 15 is 0 Å². The molecule has 2 aromatic carbocycles. The molecule has 29 heavy (non-hydrogen) atoms. The molecule has 0 aliphatic heterocycles. The molecule has 9 heteroatoms. The van der Waals surface area contributed by atoms with Gasteiger partial charge in [-0.05, 0) is 55.0 Å². The van der Waals surface area contributed by atoms with Gasteiger partial charge >= 0.3 is 0 Å². The second kappa shape index (κ2) is 7.96. The van der Waals surface area contributed by atoms with Crippen molar-refractivity contribution in [1.82, 2.24) is 20.3 Å². The Morgan fingerprint density at radius 1 is 1.17 bits per heavy atom. The third-order valence-corrected chi connectivity index (χ3v) is 4.75. The molecule has 0 unspecified atom stereocenters. The molecule has 1 amide bonds. The Balaban J connectivity index is 1.87. The lowest BCUT2D eigenvalue weighted by Crippen LogP contribution is -2.41. The lowest BCUT2D eigenvalue weighted by Gasteiger charge is -2.19. The molecular weight excluding hydrogens is 410 g/mol. The van der Waals surface area contributed by atoms with E-state index in [1.807, 2.05) is 45.9 Å². The predicted molar refractivity (Wildman–Crippen MR) is 119 cm³/mol. The molecule has 0 saturated carbocycles. The molecule has 0 fully saturated rings. The van der Waals surface area contributed by atoms with E-state index in [4.69, 9.17) is 28.6 Å². The number of ether oxygens (including phenoxy) is 1. The molecule has 0 aliphatic carbocycles. The number of carbonyl (C=O) groups is 1. The number of hydrogen-bond donors (Lipinski definition) is 2. The minimum absolute atomic E-state index is 0.156. The molecule has 7 nitrogen and oxygen atoms in total. The fourth-order valence-corrected chi connectivity index (χ4v) is 3.00. The van der Waals surface area contributed by atoms with Gasteiger partial charge in [0.1, 0.15) is 16.8 Å². The predicted octanol–water partition coefficient (Wildman–Crippen LogP) is 4.25. The third kappa shape index (κ3) is 4.65. The summed E-state index contributed by atoms with van der Waals surface area (Å²) in [7, 11) is 1.56. The normalized spacial score (nSPS) is 11.4. The summed E-state index contributed by atoms with van der Waals surface area (Å²) in [5, 5.41) is 15.5. The molecule has 152 valence electrons. The van der Waals surface area contributed by atoms with Crippen molar-refractivity contribution in [3.63, 3.8) is 0 Å². The number of nitrogens with zero attached hydrogens (tertiary/aromatic N) is 3. The van der Waals surface area contributed by atoms with Crippen molar-refractivity contribution in [2.75, 3.05) is 12.4 Å².